The lowest BCUT2D eigenvalue weighted by Crippen LogP contribution is -2.51. The maximum Gasteiger partial charge on any atom is 0.255 e. The van der Waals surface area contributed by atoms with Crippen LogP contribution in [0, 0.1) is 12.7 Å². The average molecular weight is 408 g/mol. The molecule has 0 radical (unpaired) electrons. The quantitative estimate of drug-likeness (QED) is 0.802. The normalized spacial score (nSPS) is 17.2. The third-order valence-electron chi connectivity index (χ3n) is 4.70. The highest BCUT2D eigenvalue weighted by Gasteiger charge is 2.29. The largest absolute Gasteiger partial charge is 0.340 e. The monoisotopic (exact) mass is 408 g/mol. The first-order valence-corrected chi connectivity index (χ1v) is 10.6. The fraction of sp³-hybridized carbons (Fsp3) is 0.389. The third kappa shape index (κ3) is 4.22. The van der Waals surface area contributed by atoms with Crippen molar-refractivity contribution >= 4 is 21.7 Å². The van der Waals surface area contributed by atoms with Gasteiger partial charge in [0.1, 0.15) is 11.9 Å². The molecule has 2 aromatic rings. The Morgan fingerprint density at radius 1 is 1.18 bits per heavy atom. The summed E-state index contributed by atoms with van der Waals surface area (Å²) in [6.45, 7) is 3.52. The van der Waals surface area contributed by atoms with Crippen LogP contribution in [0.3, 0.4) is 0 Å². The number of sulfone groups is 1. The van der Waals surface area contributed by atoms with Gasteiger partial charge in [0.05, 0.1) is 34.6 Å². The highest BCUT2D eigenvalue weighted by molar-refractivity contribution is 7.91. The standard InChI is InChI=1S/C18H21FN4O4S/c1-12(18(25)22-7-9-28(26,27)10-8-22)21-17(24)16-11-20-23(13(16)2)15-5-3-14(19)4-6-15/h3-6,11-12H,7-10H2,1-2H3,(H,21,24). The zero-order chi connectivity index (χ0) is 20.5. The lowest BCUT2D eigenvalue weighted by atomic mass is 10.2. The molecule has 0 spiro atoms. The topological polar surface area (TPSA) is 101 Å². The van der Waals surface area contributed by atoms with E-state index in [-0.39, 0.29) is 36.3 Å². The number of rotatable bonds is 4. The van der Waals surface area contributed by atoms with Gasteiger partial charge >= 0.3 is 0 Å². The zero-order valence-electron chi connectivity index (χ0n) is 15.6. The van der Waals surface area contributed by atoms with Gasteiger partial charge in [-0.2, -0.15) is 5.10 Å². The molecule has 1 N–H and O–H groups in total. The van der Waals surface area contributed by atoms with Crippen molar-refractivity contribution in [3.63, 3.8) is 0 Å². The molecule has 2 amide bonds. The zero-order valence-corrected chi connectivity index (χ0v) is 16.4. The molecule has 1 atom stereocenters. The minimum Gasteiger partial charge on any atom is -0.340 e. The summed E-state index contributed by atoms with van der Waals surface area (Å²) in [6.07, 6.45) is 1.39. The predicted molar refractivity (Wildman–Crippen MR) is 100 cm³/mol. The van der Waals surface area contributed by atoms with Gasteiger partial charge in [-0.15, -0.1) is 0 Å². The summed E-state index contributed by atoms with van der Waals surface area (Å²) < 4.78 is 37.6. The molecular formula is C18H21FN4O4S. The van der Waals surface area contributed by atoms with Gasteiger partial charge in [0.2, 0.25) is 5.91 Å². The van der Waals surface area contributed by atoms with Gasteiger partial charge in [-0.1, -0.05) is 0 Å². The molecule has 1 aliphatic heterocycles. The molecule has 10 heteroatoms. The van der Waals surface area contributed by atoms with E-state index >= 15 is 0 Å². The SMILES string of the molecule is Cc1c(C(=O)NC(C)C(=O)N2CCS(=O)(=O)CC2)cnn1-c1ccc(F)cc1. The van der Waals surface area contributed by atoms with Crippen LogP contribution in [-0.4, -0.2) is 65.5 Å². The number of hydrogen-bond acceptors (Lipinski definition) is 5. The molecule has 0 aliphatic carbocycles. The summed E-state index contributed by atoms with van der Waals surface area (Å²) in [6, 6.07) is 4.90. The van der Waals surface area contributed by atoms with E-state index in [1.54, 1.807) is 26.0 Å². The highest BCUT2D eigenvalue weighted by Crippen LogP contribution is 2.15. The van der Waals surface area contributed by atoms with E-state index in [9.17, 15) is 22.4 Å². The molecule has 0 saturated carbocycles. The van der Waals surface area contributed by atoms with Crippen molar-refractivity contribution in [2.45, 2.75) is 19.9 Å². The number of benzene rings is 1. The van der Waals surface area contributed by atoms with Gasteiger partial charge in [0.25, 0.3) is 5.91 Å². The Kier molecular flexibility index (Phi) is 5.50. The van der Waals surface area contributed by atoms with Crippen molar-refractivity contribution in [3.8, 4) is 5.69 Å². The van der Waals surface area contributed by atoms with Crippen molar-refractivity contribution in [1.29, 1.82) is 0 Å². The highest BCUT2D eigenvalue weighted by atomic mass is 32.2. The van der Waals surface area contributed by atoms with Gasteiger partial charge in [-0.25, -0.2) is 17.5 Å². The lowest BCUT2D eigenvalue weighted by molar-refractivity contribution is -0.132. The first-order valence-electron chi connectivity index (χ1n) is 8.78. The van der Waals surface area contributed by atoms with Gasteiger partial charge in [0, 0.05) is 13.1 Å². The number of halogens is 1. The van der Waals surface area contributed by atoms with Crippen LogP contribution in [0.4, 0.5) is 4.39 Å². The minimum absolute atomic E-state index is 0.0665. The van der Waals surface area contributed by atoms with Gasteiger partial charge in [0.15, 0.2) is 9.84 Å². The Hall–Kier alpha value is -2.75. The van der Waals surface area contributed by atoms with E-state index in [1.807, 2.05) is 0 Å². The van der Waals surface area contributed by atoms with Crippen LogP contribution in [0.1, 0.15) is 23.0 Å². The van der Waals surface area contributed by atoms with E-state index in [0.717, 1.165) is 0 Å². The minimum atomic E-state index is -3.09. The predicted octanol–water partition coefficient (Wildman–Crippen LogP) is 0.695. The number of carbonyl (C=O) groups excluding carboxylic acids is 2. The summed E-state index contributed by atoms with van der Waals surface area (Å²) in [5, 5.41) is 6.80. The average Bonchev–Trinajstić information content (AvgIpc) is 3.03. The maximum atomic E-state index is 13.1. The molecule has 150 valence electrons. The number of nitrogens with zero attached hydrogens (tertiary/aromatic N) is 3. The Morgan fingerprint density at radius 2 is 1.79 bits per heavy atom. The molecule has 1 aromatic carbocycles. The number of carbonyl (C=O) groups is 2. The maximum absolute atomic E-state index is 13.1. The van der Waals surface area contributed by atoms with E-state index in [1.165, 1.54) is 27.9 Å². The van der Waals surface area contributed by atoms with E-state index in [4.69, 9.17) is 0 Å². The van der Waals surface area contributed by atoms with Crippen molar-refractivity contribution in [3.05, 3.63) is 47.5 Å². The smallest absolute Gasteiger partial charge is 0.255 e. The Balaban J connectivity index is 1.68. The van der Waals surface area contributed by atoms with E-state index in [2.05, 4.69) is 10.4 Å². The van der Waals surface area contributed by atoms with E-state index in [0.29, 0.717) is 16.9 Å². The fourth-order valence-electron chi connectivity index (χ4n) is 3.02. The number of amides is 2. The van der Waals surface area contributed by atoms with Gasteiger partial charge in [-0.05, 0) is 38.1 Å². The molecule has 1 aliphatic rings. The van der Waals surface area contributed by atoms with Crippen molar-refractivity contribution in [2.24, 2.45) is 0 Å². The summed E-state index contributed by atoms with van der Waals surface area (Å²) in [7, 11) is -3.09. The third-order valence-corrected chi connectivity index (χ3v) is 6.31. The Morgan fingerprint density at radius 3 is 2.39 bits per heavy atom. The summed E-state index contributed by atoms with van der Waals surface area (Å²) >= 11 is 0. The summed E-state index contributed by atoms with van der Waals surface area (Å²) in [5.74, 6) is -1.29. The van der Waals surface area contributed by atoms with Crippen LogP contribution < -0.4 is 5.32 Å². The van der Waals surface area contributed by atoms with Crippen LogP contribution in [0.25, 0.3) is 5.69 Å². The molecule has 1 saturated heterocycles. The molecule has 1 fully saturated rings. The van der Waals surface area contributed by atoms with Crippen LogP contribution in [0.2, 0.25) is 0 Å². The lowest BCUT2D eigenvalue weighted by Gasteiger charge is -2.29. The number of nitrogens with one attached hydrogen (secondary N) is 1. The molecule has 0 bridgehead atoms. The number of hydrogen-bond donors (Lipinski definition) is 1. The molecule has 3 rings (SSSR count). The first kappa shape index (κ1) is 20.0. The van der Waals surface area contributed by atoms with Crippen LogP contribution in [-0.2, 0) is 14.6 Å². The van der Waals surface area contributed by atoms with Crippen LogP contribution >= 0.6 is 0 Å². The molecular weight excluding hydrogens is 387 g/mol. The van der Waals surface area contributed by atoms with Crippen molar-refractivity contribution in [1.82, 2.24) is 20.0 Å². The Labute approximate surface area is 162 Å². The molecule has 1 aromatic heterocycles. The second-order valence-corrected chi connectivity index (χ2v) is 9.01. The Bertz CT molecular complexity index is 987. The first-order chi connectivity index (χ1) is 13.2. The summed E-state index contributed by atoms with van der Waals surface area (Å²) in [5.41, 5.74) is 1.45. The van der Waals surface area contributed by atoms with Gasteiger partial charge < -0.3 is 10.2 Å². The molecule has 8 nitrogen and oxygen atoms in total. The molecule has 1 unspecified atom stereocenters. The van der Waals surface area contributed by atoms with Crippen molar-refractivity contribution in [2.75, 3.05) is 24.6 Å². The molecule has 2 heterocycles. The fourth-order valence-corrected chi connectivity index (χ4v) is 4.22. The van der Waals surface area contributed by atoms with Gasteiger partial charge in [-0.3, -0.25) is 9.59 Å². The van der Waals surface area contributed by atoms with Crippen LogP contribution in [0.15, 0.2) is 30.5 Å². The van der Waals surface area contributed by atoms with Crippen molar-refractivity contribution < 1.29 is 22.4 Å². The number of aromatic nitrogens is 2. The van der Waals surface area contributed by atoms with E-state index < -0.39 is 21.8 Å². The second-order valence-electron chi connectivity index (χ2n) is 6.70. The molecule has 28 heavy (non-hydrogen) atoms. The summed E-state index contributed by atoms with van der Waals surface area (Å²) in [4.78, 5) is 26.5. The second kappa shape index (κ2) is 7.70. The van der Waals surface area contributed by atoms with Crippen LogP contribution in [0.5, 0.6) is 0 Å².